The van der Waals surface area contributed by atoms with Crippen LogP contribution in [0.2, 0.25) is 0 Å². The van der Waals surface area contributed by atoms with Crippen LogP contribution >= 0.6 is 0 Å². The highest BCUT2D eigenvalue weighted by Gasteiger charge is 2.25. The van der Waals surface area contributed by atoms with Gasteiger partial charge in [-0.25, -0.2) is 14.2 Å². The molecule has 0 bridgehead atoms. The number of nitrogens with one attached hydrogen (secondary N) is 2. The second-order valence-corrected chi connectivity index (χ2v) is 6.42. The van der Waals surface area contributed by atoms with E-state index < -0.39 is 0 Å². The summed E-state index contributed by atoms with van der Waals surface area (Å²) in [5.74, 6) is 1.17. The Balaban J connectivity index is 1.54. The van der Waals surface area contributed by atoms with Gasteiger partial charge >= 0.3 is 6.03 Å². The molecule has 1 saturated heterocycles. The van der Waals surface area contributed by atoms with Crippen molar-refractivity contribution in [1.29, 1.82) is 0 Å². The molecule has 2 aromatic rings. The van der Waals surface area contributed by atoms with Gasteiger partial charge in [-0.1, -0.05) is 12.1 Å². The van der Waals surface area contributed by atoms with Gasteiger partial charge in [-0.2, -0.15) is 0 Å². The monoisotopic (exact) mass is 330 g/mol. The molecule has 0 saturated carbocycles. The third-order valence-corrected chi connectivity index (χ3v) is 4.71. The number of urea groups is 1. The van der Waals surface area contributed by atoms with Gasteiger partial charge in [-0.05, 0) is 43.9 Å². The van der Waals surface area contributed by atoms with Crippen molar-refractivity contribution >= 4 is 6.03 Å². The Hall–Kier alpha value is -2.37. The molecule has 0 unspecified atom stereocenters. The minimum atomic E-state index is -0.225. The summed E-state index contributed by atoms with van der Waals surface area (Å²) in [6, 6.07) is 4.73. The summed E-state index contributed by atoms with van der Waals surface area (Å²) in [5, 5.41) is 3.00. The molecule has 2 heterocycles. The van der Waals surface area contributed by atoms with E-state index in [0.717, 1.165) is 24.2 Å². The van der Waals surface area contributed by atoms with E-state index >= 15 is 0 Å². The van der Waals surface area contributed by atoms with Gasteiger partial charge in [0.25, 0.3) is 0 Å². The minimum Gasteiger partial charge on any atom is -0.348 e. The number of aromatic amines is 1. The topological polar surface area (TPSA) is 61.0 Å². The maximum atomic E-state index is 13.4. The Morgan fingerprint density at radius 1 is 1.42 bits per heavy atom. The quantitative estimate of drug-likeness (QED) is 0.905. The molecule has 0 radical (unpaired) electrons. The number of piperidine rings is 1. The van der Waals surface area contributed by atoms with Gasteiger partial charge in [0.05, 0.1) is 6.04 Å². The number of nitrogens with zero attached hydrogens (tertiary/aromatic N) is 2. The van der Waals surface area contributed by atoms with Crippen LogP contribution in [0, 0.1) is 12.7 Å². The molecule has 128 valence electrons. The summed E-state index contributed by atoms with van der Waals surface area (Å²) in [6.07, 6.45) is 5.41. The lowest BCUT2D eigenvalue weighted by Gasteiger charge is -2.32. The molecule has 1 aromatic carbocycles. The molecule has 0 spiro atoms. The number of likely N-dealkylation sites (tertiary alicyclic amines) is 1. The molecule has 1 atom stereocenters. The Kier molecular flexibility index (Phi) is 4.83. The zero-order chi connectivity index (χ0) is 17.1. The molecule has 5 nitrogen and oxygen atoms in total. The van der Waals surface area contributed by atoms with Gasteiger partial charge in [-0.3, -0.25) is 0 Å². The Morgan fingerprint density at radius 2 is 2.17 bits per heavy atom. The van der Waals surface area contributed by atoms with Gasteiger partial charge in [0.1, 0.15) is 11.6 Å². The number of amides is 2. The molecule has 6 heteroatoms. The van der Waals surface area contributed by atoms with Crippen LogP contribution in [0.25, 0.3) is 0 Å². The number of aryl methyl sites for hydroxylation is 1. The molecule has 2 amide bonds. The van der Waals surface area contributed by atoms with Crippen molar-refractivity contribution in [1.82, 2.24) is 20.2 Å². The molecular formula is C18H23FN4O. The van der Waals surface area contributed by atoms with E-state index in [1.165, 1.54) is 6.07 Å². The lowest BCUT2D eigenvalue weighted by Crippen LogP contribution is -2.44. The van der Waals surface area contributed by atoms with Crippen molar-refractivity contribution in [2.45, 2.75) is 38.6 Å². The predicted octanol–water partition coefficient (Wildman–Crippen LogP) is 3.51. The fraction of sp³-hybridized carbons (Fsp3) is 0.444. The minimum absolute atomic E-state index is 0.0672. The van der Waals surface area contributed by atoms with Crippen LogP contribution in [-0.4, -0.2) is 34.0 Å². The maximum absolute atomic E-state index is 13.4. The Bertz CT molecular complexity index is 693. The van der Waals surface area contributed by atoms with E-state index in [1.54, 1.807) is 25.3 Å². The first-order valence-electron chi connectivity index (χ1n) is 8.35. The summed E-state index contributed by atoms with van der Waals surface area (Å²) in [7, 11) is 0. The number of H-pyrrole nitrogens is 1. The van der Waals surface area contributed by atoms with Crippen molar-refractivity contribution in [3.8, 4) is 0 Å². The fourth-order valence-corrected chi connectivity index (χ4v) is 3.15. The van der Waals surface area contributed by atoms with Gasteiger partial charge in [0, 0.05) is 31.4 Å². The summed E-state index contributed by atoms with van der Waals surface area (Å²) < 4.78 is 13.4. The zero-order valence-corrected chi connectivity index (χ0v) is 14.1. The second kappa shape index (κ2) is 7.03. The average molecular weight is 330 g/mol. The van der Waals surface area contributed by atoms with E-state index in [1.807, 2.05) is 18.0 Å². The highest BCUT2D eigenvalue weighted by Crippen LogP contribution is 2.25. The number of carbonyl (C=O) groups is 1. The number of carbonyl (C=O) groups excluding carboxylic acids is 1. The van der Waals surface area contributed by atoms with Crippen LogP contribution in [0.15, 0.2) is 30.6 Å². The van der Waals surface area contributed by atoms with Gasteiger partial charge in [0.15, 0.2) is 0 Å². The molecule has 1 aromatic heterocycles. The summed E-state index contributed by atoms with van der Waals surface area (Å²) >= 11 is 0. The Morgan fingerprint density at radius 3 is 2.79 bits per heavy atom. The van der Waals surface area contributed by atoms with E-state index in [0.29, 0.717) is 24.6 Å². The van der Waals surface area contributed by atoms with Crippen molar-refractivity contribution in [3.05, 3.63) is 53.4 Å². The van der Waals surface area contributed by atoms with Crippen molar-refractivity contribution < 1.29 is 9.18 Å². The summed E-state index contributed by atoms with van der Waals surface area (Å²) in [4.78, 5) is 21.7. The van der Waals surface area contributed by atoms with E-state index in [4.69, 9.17) is 0 Å². The number of hydrogen-bond donors (Lipinski definition) is 2. The highest BCUT2D eigenvalue weighted by atomic mass is 19.1. The number of imidazole rings is 1. The van der Waals surface area contributed by atoms with Crippen LogP contribution in [0.5, 0.6) is 0 Å². The number of rotatable bonds is 3. The summed E-state index contributed by atoms with van der Waals surface area (Å²) in [5.41, 5.74) is 1.50. The first-order valence-corrected chi connectivity index (χ1v) is 8.35. The SMILES string of the molecule is Cc1cc([C@@H](C)NC(=O)N2CCC(c3ncc[nH]3)CC2)ccc1F. The lowest BCUT2D eigenvalue weighted by molar-refractivity contribution is 0.177. The standard InChI is InChI=1S/C18H23FN4O/c1-12-11-15(3-4-16(12)19)13(2)22-18(24)23-9-5-14(6-10-23)17-20-7-8-21-17/h3-4,7-8,11,13-14H,5-6,9-10H2,1-2H3,(H,20,21)(H,22,24)/t13-/m1/s1. The number of benzene rings is 1. The lowest BCUT2D eigenvalue weighted by atomic mass is 9.96. The van der Waals surface area contributed by atoms with E-state index in [2.05, 4.69) is 15.3 Å². The zero-order valence-electron chi connectivity index (χ0n) is 14.1. The molecule has 0 aliphatic carbocycles. The van der Waals surface area contributed by atoms with Crippen LogP contribution in [0.4, 0.5) is 9.18 Å². The average Bonchev–Trinajstić information content (AvgIpc) is 3.12. The third-order valence-electron chi connectivity index (χ3n) is 4.71. The number of halogens is 1. The van der Waals surface area contributed by atoms with Crippen LogP contribution < -0.4 is 5.32 Å². The normalized spacial score (nSPS) is 16.9. The predicted molar refractivity (Wildman–Crippen MR) is 90.2 cm³/mol. The van der Waals surface area contributed by atoms with E-state index in [9.17, 15) is 9.18 Å². The fourth-order valence-electron chi connectivity index (χ4n) is 3.15. The van der Waals surface area contributed by atoms with E-state index in [-0.39, 0.29) is 17.9 Å². The van der Waals surface area contributed by atoms with Crippen LogP contribution in [-0.2, 0) is 0 Å². The largest absolute Gasteiger partial charge is 0.348 e. The maximum Gasteiger partial charge on any atom is 0.317 e. The molecule has 1 fully saturated rings. The molecular weight excluding hydrogens is 307 g/mol. The number of aromatic nitrogens is 2. The van der Waals surface area contributed by atoms with Crippen molar-refractivity contribution in [2.75, 3.05) is 13.1 Å². The van der Waals surface area contributed by atoms with Crippen molar-refractivity contribution in [2.24, 2.45) is 0 Å². The van der Waals surface area contributed by atoms with Gasteiger partial charge in [-0.15, -0.1) is 0 Å². The summed E-state index contributed by atoms with van der Waals surface area (Å²) in [6.45, 7) is 5.08. The molecule has 1 aliphatic rings. The first-order chi connectivity index (χ1) is 11.5. The van der Waals surface area contributed by atoms with Crippen molar-refractivity contribution in [3.63, 3.8) is 0 Å². The smallest absolute Gasteiger partial charge is 0.317 e. The molecule has 1 aliphatic heterocycles. The Labute approximate surface area is 141 Å². The van der Waals surface area contributed by atoms with Crippen LogP contribution in [0.3, 0.4) is 0 Å². The number of hydrogen-bond acceptors (Lipinski definition) is 2. The molecule has 24 heavy (non-hydrogen) atoms. The van der Waals surface area contributed by atoms with Crippen LogP contribution in [0.1, 0.15) is 48.7 Å². The molecule has 3 rings (SSSR count). The van der Waals surface area contributed by atoms with Gasteiger partial charge in [0.2, 0.25) is 0 Å². The first kappa shape index (κ1) is 16.5. The van der Waals surface area contributed by atoms with Gasteiger partial charge < -0.3 is 15.2 Å². The third kappa shape index (κ3) is 3.58. The molecule has 2 N–H and O–H groups in total. The highest BCUT2D eigenvalue weighted by molar-refractivity contribution is 5.74. The second-order valence-electron chi connectivity index (χ2n) is 6.42.